The van der Waals surface area contributed by atoms with Crippen molar-refractivity contribution < 1.29 is 4.79 Å². The molecule has 1 amide bonds. The van der Waals surface area contributed by atoms with Crippen molar-refractivity contribution in [1.82, 2.24) is 24.9 Å². The van der Waals surface area contributed by atoms with E-state index in [0.29, 0.717) is 18.2 Å². The van der Waals surface area contributed by atoms with Gasteiger partial charge in [0.05, 0.1) is 17.2 Å². The average Bonchev–Trinajstić information content (AvgIpc) is 2.98. The maximum Gasteiger partial charge on any atom is 0.273 e. The summed E-state index contributed by atoms with van der Waals surface area (Å²) < 4.78 is 1.93. The Balaban J connectivity index is 1.45. The van der Waals surface area contributed by atoms with E-state index in [4.69, 9.17) is 0 Å². The largest absolute Gasteiger partial charge is 0.335 e. The van der Waals surface area contributed by atoms with Gasteiger partial charge in [-0.15, -0.1) is 16.4 Å². The molecule has 2 aliphatic rings. The predicted octanol–water partition coefficient (Wildman–Crippen LogP) is 1.70. The van der Waals surface area contributed by atoms with Gasteiger partial charge in [-0.25, -0.2) is 9.67 Å². The van der Waals surface area contributed by atoms with E-state index < -0.39 is 0 Å². The Bertz CT molecular complexity index is 619. The van der Waals surface area contributed by atoms with Crippen LogP contribution in [0.4, 0.5) is 0 Å². The minimum Gasteiger partial charge on any atom is -0.335 e. The van der Waals surface area contributed by atoms with Gasteiger partial charge in [0.2, 0.25) is 0 Å². The summed E-state index contributed by atoms with van der Waals surface area (Å²) in [7, 11) is 0. The number of amides is 1. The third-order valence-corrected chi connectivity index (χ3v) is 4.59. The predicted molar refractivity (Wildman–Crippen MR) is 73.7 cm³/mol. The Morgan fingerprint density at radius 3 is 3.00 bits per heavy atom. The van der Waals surface area contributed by atoms with Crippen LogP contribution in [0.1, 0.15) is 47.4 Å². The lowest BCUT2D eigenvalue weighted by Gasteiger charge is -2.14. The summed E-state index contributed by atoms with van der Waals surface area (Å²) in [5.74, 6) is 0.647. The first-order valence-electron chi connectivity index (χ1n) is 6.90. The minimum absolute atomic E-state index is 0.0243. The molecule has 1 aliphatic carbocycles. The van der Waals surface area contributed by atoms with Gasteiger partial charge in [-0.1, -0.05) is 5.21 Å². The number of likely N-dealkylation sites (tertiary alicyclic amines) is 1. The monoisotopic (exact) mass is 289 g/mol. The highest BCUT2D eigenvalue weighted by Gasteiger charge is 2.31. The summed E-state index contributed by atoms with van der Waals surface area (Å²) in [5, 5.41) is 10.3. The second kappa shape index (κ2) is 4.66. The van der Waals surface area contributed by atoms with Gasteiger partial charge < -0.3 is 4.90 Å². The molecule has 0 bridgehead atoms. The van der Waals surface area contributed by atoms with Gasteiger partial charge in [0.15, 0.2) is 0 Å². The van der Waals surface area contributed by atoms with Crippen LogP contribution in [0.15, 0.2) is 17.1 Å². The third kappa shape index (κ3) is 2.11. The first-order chi connectivity index (χ1) is 9.81. The van der Waals surface area contributed by atoms with Crippen LogP contribution in [0, 0.1) is 0 Å². The highest BCUT2D eigenvalue weighted by Crippen LogP contribution is 2.39. The van der Waals surface area contributed by atoms with Crippen LogP contribution in [-0.4, -0.2) is 43.9 Å². The van der Waals surface area contributed by atoms with Crippen LogP contribution in [0.3, 0.4) is 0 Å². The number of thiazole rings is 1. The van der Waals surface area contributed by atoms with E-state index in [1.807, 2.05) is 9.58 Å². The van der Waals surface area contributed by atoms with Gasteiger partial charge in [-0.05, 0) is 19.3 Å². The van der Waals surface area contributed by atoms with E-state index >= 15 is 0 Å². The zero-order valence-electron chi connectivity index (χ0n) is 11.0. The van der Waals surface area contributed by atoms with E-state index in [1.165, 1.54) is 24.2 Å². The Morgan fingerprint density at radius 2 is 2.25 bits per heavy atom. The molecular weight excluding hydrogens is 274 g/mol. The van der Waals surface area contributed by atoms with Crippen LogP contribution in [0.2, 0.25) is 0 Å². The van der Waals surface area contributed by atoms with Gasteiger partial charge in [-0.2, -0.15) is 0 Å². The Morgan fingerprint density at radius 1 is 1.35 bits per heavy atom. The summed E-state index contributed by atoms with van der Waals surface area (Å²) in [5.41, 5.74) is 3.35. The number of carbonyl (C=O) groups is 1. The van der Waals surface area contributed by atoms with Gasteiger partial charge in [-0.3, -0.25) is 4.79 Å². The van der Waals surface area contributed by atoms with Crippen LogP contribution in [-0.2, 0) is 0 Å². The van der Waals surface area contributed by atoms with Gasteiger partial charge in [0, 0.05) is 30.6 Å². The molecule has 1 saturated carbocycles. The van der Waals surface area contributed by atoms with Crippen molar-refractivity contribution in [1.29, 1.82) is 0 Å². The number of carbonyl (C=O) groups excluding carboxylic acids is 1. The van der Waals surface area contributed by atoms with Gasteiger partial charge >= 0.3 is 0 Å². The molecule has 20 heavy (non-hydrogen) atoms. The number of hydrogen-bond donors (Lipinski definition) is 0. The van der Waals surface area contributed by atoms with E-state index in [-0.39, 0.29) is 11.9 Å². The van der Waals surface area contributed by atoms with Crippen LogP contribution in [0.5, 0.6) is 0 Å². The lowest BCUT2D eigenvalue weighted by Crippen LogP contribution is -2.29. The fourth-order valence-corrected chi connectivity index (χ4v) is 3.18. The summed E-state index contributed by atoms with van der Waals surface area (Å²) in [6.45, 7) is 1.46. The van der Waals surface area contributed by atoms with Crippen LogP contribution in [0.25, 0.3) is 0 Å². The smallest absolute Gasteiger partial charge is 0.273 e. The standard InChI is InChI=1S/C13H15N5OS/c19-13(12-7-20-8-14-12)17-4-3-10(5-17)18-6-11(15-16-18)9-1-2-9/h6-10H,1-5H2. The molecule has 1 saturated heterocycles. The van der Waals surface area contributed by atoms with Gasteiger partial charge in [0.1, 0.15) is 5.69 Å². The second-order valence-electron chi connectivity index (χ2n) is 5.47. The molecule has 6 nitrogen and oxygen atoms in total. The van der Waals surface area contributed by atoms with Crippen LogP contribution >= 0.6 is 11.3 Å². The molecule has 7 heteroatoms. The molecule has 3 heterocycles. The molecule has 0 radical (unpaired) electrons. The lowest BCUT2D eigenvalue weighted by atomic mass is 10.2. The summed E-state index contributed by atoms with van der Waals surface area (Å²) >= 11 is 1.45. The van der Waals surface area contributed by atoms with Crippen molar-refractivity contribution in [2.75, 3.05) is 13.1 Å². The van der Waals surface area contributed by atoms with E-state index in [9.17, 15) is 4.79 Å². The first kappa shape index (κ1) is 12.0. The highest BCUT2D eigenvalue weighted by atomic mass is 32.1. The van der Waals surface area contributed by atoms with Crippen molar-refractivity contribution in [3.8, 4) is 0 Å². The van der Waals surface area contributed by atoms with Crippen molar-refractivity contribution >= 4 is 17.2 Å². The average molecular weight is 289 g/mol. The third-order valence-electron chi connectivity index (χ3n) is 4.00. The lowest BCUT2D eigenvalue weighted by molar-refractivity contribution is 0.0782. The fraction of sp³-hybridized carbons (Fsp3) is 0.538. The molecule has 0 N–H and O–H groups in total. The number of rotatable bonds is 3. The maximum atomic E-state index is 12.2. The molecule has 2 fully saturated rings. The van der Waals surface area contributed by atoms with Crippen molar-refractivity contribution in [3.05, 3.63) is 28.5 Å². The molecule has 1 aliphatic heterocycles. The Hall–Kier alpha value is -1.76. The summed E-state index contributed by atoms with van der Waals surface area (Å²) in [6, 6.07) is 0.248. The van der Waals surface area contributed by atoms with Crippen molar-refractivity contribution in [3.63, 3.8) is 0 Å². The molecule has 4 rings (SSSR count). The second-order valence-corrected chi connectivity index (χ2v) is 6.18. The summed E-state index contributed by atoms with van der Waals surface area (Å²) in [6.07, 6.45) is 5.46. The van der Waals surface area contributed by atoms with Crippen LogP contribution < -0.4 is 0 Å². The minimum atomic E-state index is 0.0243. The topological polar surface area (TPSA) is 63.9 Å². The molecule has 2 aromatic rings. The SMILES string of the molecule is O=C(c1cscn1)N1CCC(n2cc(C3CC3)nn2)C1. The van der Waals surface area contributed by atoms with E-state index in [2.05, 4.69) is 21.5 Å². The van der Waals surface area contributed by atoms with Crippen molar-refractivity contribution in [2.24, 2.45) is 0 Å². The fourth-order valence-electron chi connectivity index (χ4n) is 2.66. The van der Waals surface area contributed by atoms with Gasteiger partial charge in [0.25, 0.3) is 5.91 Å². The normalized spacial score (nSPS) is 22.4. The molecule has 1 atom stereocenters. The number of nitrogens with zero attached hydrogens (tertiary/aromatic N) is 5. The van der Waals surface area contributed by atoms with E-state index in [0.717, 1.165) is 18.7 Å². The molecule has 1 unspecified atom stereocenters. The molecular formula is C13H15N5OS. The Kier molecular flexibility index (Phi) is 2.80. The zero-order valence-corrected chi connectivity index (χ0v) is 11.8. The van der Waals surface area contributed by atoms with Crippen molar-refractivity contribution in [2.45, 2.75) is 31.2 Å². The Labute approximate surface area is 120 Å². The quantitative estimate of drug-likeness (QED) is 0.862. The molecule has 0 aromatic carbocycles. The molecule has 0 spiro atoms. The highest BCUT2D eigenvalue weighted by molar-refractivity contribution is 7.07. The first-order valence-corrected chi connectivity index (χ1v) is 7.85. The van der Waals surface area contributed by atoms with E-state index in [1.54, 1.807) is 10.9 Å². The zero-order chi connectivity index (χ0) is 13.5. The molecule has 2 aromatic heterocycles. The number of hydrogen-bond acceptors (Lipinski definition) is 5. The summed E-state index contributed by atoms with van der Waals surface area (Å²) in [4.78, 5) is 18.2. The number of aromatic nitrogens is 4. The molecule has 104 valence electrons. The maximum absolute atomic E-state index is 12.2.